The van der Waals surface area contributed by atoms with Crippen LogP contribution >= 0.6 is 35.1 Å². The zero-order valence-electron chi connectivity index (χ0n) is 21.3. The predicted octanol–water partition coefficient (Wildman–Crippen LogP) is 7.48. The van der Waals surface area contributed by atoms with Gasteiger partial charge in [0, 0.05) is 21.3 Å². The van der Waals surface area contributed by atoms with Gasteiger partial charge < -0.3 is 15.5 Å². The van der Waals surface area contributed by atoms with Crippen LogP contribution in [0.15, 0.2) is 46.2 Å². The minimum absolute atomic E-state index is 0.201. The monoisotopic (exact) mass is 631 g/mol. The summed E-state index contributed by atoms with van der Waals surface area (Å²) in [4.78, 5) is 20.7. The first-order valence-electron chi connectivity index (χ1n) is 12.0. The molecule has 2 aromatic rings. The average molecular weight is 632 g/mol. The highest BCUT2D eigenvalue weighted by Gasteiger charge is 2.67. The molecule has 3 N–H and O–H groups in total. The van der Waals surface area contributed by atoms with Crippen molar-refractivity contribution in [2.45, 2.75) is 60.5 Å². The number of benzene rings is 2. The Hall–Kier alpha value is -2.09. The molecular weight excluding hydrogens is 604 g/mol. The lowest BCUT2D eigenvalue weighted by Crippen LogP contribution is -2.49. The van der Waals surface area contributed by atoms with Gasteiger partial charge in [-0.1, -0.05) is 29.8 Å². The number of rotatable bonds is 9. The molecule has 1 aliphatic heterocycles. The van der Waals surface area contributed by atoms with Crippen LogP contribution in [0.3, 0.4) is 0 Å². The van der Waals surface area contributed by atoms with E-state index < -0.39 is 35.5 Å². The van der Waals surface area contributed by atoms with E-state index in [4.69, 9.17) is 21.8 Å². The molecule has 0 aliphatic carbocycles. The zero-order chi connectivity index (χ0) is 30.1. The van der Waals surface area contributed by atoms with Crippen LogP contribution in [0.25, 0.3) is 0 Å². The van der Waals surface area contributed by atoms with Gasteiger partial charge in [0.05, 0.1) is 17.9 Å². The second-order valence-corrected chi connectivity index (χ2v) is 11.5. The lowest BCUT2D eigenvalue weighted by Gasteiger charge is -2.33. The minimum Gasteiger partial charge on any atom is -0.481 e. The van der Waals surface area contributed by atoms with Gasteiger partial charge in [0.15, 0.2) is 5.41 Å². The number of hydrogen-bond acceptors (Lipinski definition) is 5. The molecule has 0 fully saturated rings. The van der Waals surface area contributed by atoms with Gasteiger partial charge >= 0.3 is 24.3 Å². The van der Waals surface area contributed by atoms with E-state index in [0.29, 0.717) is 27.4 Å². The number of nitrogens with one attached hydrogen (secondary N) is 1. The van der Waals surface area contributed by atoms with Crippen LogP contribution in [-0.4, -0.2) is 53.3 Å². The van der Waals surface area contributed by atoms with E-state index >= 15 is 0 Å². The summed E-state index contributed by atoms with van der Waals surface area (Å²) in [5.41, 5.74) is -0.353. The topological polar surface area (TPSA) is 86.6 Å². The molecule has 3 rings (SSSR count). The summed E-state index contributed by atoms with van der Waals surface area (Å²) in [6.07, 6.45) is -9.54. The molecule has 2 aromatic carbocycles. The van der Waals surface area contributed by atoms with Gasteiger partial charge in [-0.15, -0.1) is 23.5 Å². The van der Waals surface area contributed by atoms with Crippen LogP contribution < -0.4 is 5.32 Å². The number of alkyl halides is 6. The summed E-state index contributed by atoms with van der Waals surface area (Å²) in [7, 11) is 0. The normalized spacial score (nSPS) is 14.0. The summed E-state index contributed by atoms with van der Waals surface area (Å²) < 4.78 is 78.3. The average Bonchev–Trinajstić information content (AvgIpc) is 3.11. The molecule has 0 spiro atoms. The van der Waals surface area contributed by atoms with Crippen molar-refractivity contribution < 1.29 is 46.1 Å². The van der Waals surface area contributed by atoms with Gasteiger partial charge in [-0.25, -0.2) is 0 Å². The molecule has 14 heteroatoms. The fourth-order valence-electron chi connectivity index (χ4n) is 3.47. The van der Waals surface area contributed by atoms with Gasteiger partial charge in [-0.2, -0.15) is 26.3 Å². The number of carbonyl (C=O) groups is 2. The highest BCUT2D eigenvalue weighted by molar-refractivity contribution is 7.99. The Morgan fingerprint density at radius 2 is 1.43 bits per heavy atom. The number of hydrogen-bond donors (Lipinski definition) is 3. The zero-order valence-corrected chi connectivity index (χ0v) is 23.7. The number of halogens is 7. The number of aliphatic carboxylic acids is 2. The Bertz CT molecular complexity index is 1130. The maximum Gasteiger partial charge on any atom is 0.403 e. The van der Waals surface area contributed by atoms with Gasteiger partial charge in [0.2, 0.25) is 0 Å². The largest absolute Gasteiger partial charge is 0.481 e. The molecule has 0 saturated heterocycles. The van der Waals surface area contributed by atoms with E-state index in [-0.39, 0.29) is 19.8 Å². The third-order valence-corrected chi connectivity index (χ3v) is 9.06. The summed E-state index contributed by atoms with van der Waals surface area (Å²) in [5.74, 6) is -2.69. The van der Waals surface area contributed by atoms with Crippen LogP contribution in [0.1, 0.15) is 36.5 Å². The molecule has 1 aliphatic rings. The number of carboxylic acid groups (broad SMARTS) is 2. The highest BCUT2D eigenvalue weighted by Crippen LogP contribution is 2.52. The second-order valence-electron chi connectivity index (χ2n) is 9.10. The molecule has 5 nitrogen and oxygen atoms in total. The molecule has 0 bridgehead atoms. The molecule has 40 heavy (non-hydrogen) atoms. The Morgan fingerprint density at radius 1 is 0.875 bits per heavy atom. The number of thioether (sulfide) groups is 2. The minimum atomic E-state index is -5.38. The summed E-state index contributed by atoms with van der Waals surface area (Å²) in [6.45, 7) is 1.99. The van der Waals surface area contributed by atoms with Crippen molar-refractivity contribution in [1.82, 2.24) is 5.32 Å². The lowest BCUT2D eigenvalue weighted by molar-refractivity contribution is -0.325. The molecule has 222 valence electrons. The molecular formula is C26H28ClF6NO4S2. The molecule has 0 unspecified atom stereocenters. The Labute approximate surface area is 241 Å². The standard InChI is InChI=1S/C22H22ClF6NS2.C4H6O4/c1-20(21(24,25)26,22(27,28)29)13-32-16-5-2-14(3-6-16)12-31-19-17-9-11-30-10-8-15(17)4-7-18(19)23;5-3(6)1-2-4(7)8/h2-7,30H,8-13H2,1H3;1-2H2,(H,5,6)(H,7,8). The summed E-state index contributed by atoms with van der Waals surface area (Å²) >= 11 is 8.58. The molecule has 1 heterocycles. The molecule has 0 amide bonds. The van der Waals surface area contributed by atoms with Crippen LogP contribution in [0, 0.1) is 5.41 Å². The summed E-state index contributed by atoms with van der Waals surface area (Å²) in [5, 5.41) is 19.8. The van der Waals surface area contributed by atoms with Crippen molar-refractivity contribution in [2.24, 2.45) is 5.41 Å². The smallest absolute Gasteiger partial charge is 0.403 e. The van der Waals surface area contributed by atoms with Crippen molar-refractivity contribution in [3.63, 3.8) is 0 Å². The maximum atomic E-state index is 13.1. The number of carboxylic acids is 2. The van der Waals surface area contributed by atoms with Crippen molar-refractivity contribution in [1.29, 1.82) is 0 Å². The van der Waals surface area contributed by atoms with E-state index in [9.17, 15) is 35.9 Å². The van der Waals surface area contributed by atoms with E-state index in [0.717, 1.165) is 36.4 Å². The molecule has 0 saturated carbocycles. The molecule has 0 radical (unpaired) electrons. The van der Waals surface area contributed by atoms with Crippen molar-refractivity contribution in [2.75, 3.05) is 18.8 Å². The fourth-order valence-corrected chi connectivity index (χ4v) is 6.04. The summed E-state index contributed by atoms with van der Waals surface area (Å²) in [6, 6.07) is 10.5. The SMILES string of the molecule is CC(CSc1ccc(CSc2c(Cl)ccc3c2CCNCC3)cc1)(C(F)(F)F)C(F)(F)F.O=C(O)CCC(=O)O. The van der Waals surface area contributed by atoms with E-state index in [1.165, 1.54) is 11.1 Å². The van der Waals surface area contributed by atoms with Crippen LogP contribution in [0.2, 0.25) is 5.02 Å². The predicted molar refractivity (Wildman–Crippen MR) is 143 cm³/mol. The first-order valence-corrected chi connectivity index (χ1v) is 14.3. The van der Waals surface area contributed by atoms with E-state index in [1.807, 2.05) is 6.07 Å². The van der Waals surface area contributed by atoms with Crippen molar-refractivity contribution in [3.8, 4) is 0 Å². The Balaban J connectivity index is 0.000000611. The first-order chi connectivity index (χ1) is 18.5. The fraction of sp³-hybridized carbons (Fsp3) is 0.462. The highest BCUT2D eigenvalue weighted by atomic mass is 35.5. The quantitative estimate of drug-likeness (QED) is 0.195. The van der Waals surface area contributed by atoms with Crippen LogP contribution in [0.4, 0.5) is 26.3 Å². The third kappa shape index (κ3) is 9.78. The first kappa shape index (κ1) is 34.1. The molecule has 0 atom stereocenters. The second kappa shape index (κ2) is 14.7. The maximum absolute atomic E-state index is 13.1. The lowest BCUT2D eigenvalue weighted by atomic mass is 9.92. The van der Waals surface area contributed by atoms with E-state index in [1.54, 1.807) is 36.0 Å². The van der Waals surface area contributed by atoms with Gasteiger partial charge in [-0.3, -0.25) is 9.59 Å². The van der Waals surface area contributed by atoms with Gasteiger partial charge in [-0.05, 0) is 67.7 Å². The van der Waals surface area contributed by atoms with Gasteiger partial charge in [0.1, 0.15) is 0 Å². The van der Waals surface area contributed by atoms with Crippen molar-refractivity contribution in [3.05, 3.63) is 58.1 Å². The van der Waals surface area contributed by atoms with Crippen molar-refractivity contribution >= 4 is 47.1 Å². The Kier molecular flexibility index (Phi) is 12.5. The van der Waals surface area contributed by atoms with E-state index in [2.05, 4.69) is 11.4 Å². The Morgan fingerprint density at radius 3 is 1.95 bits per heavy atom. The molecule has 0 aromatic heterocycles. The third-order valence-electron chi connectivity index (χ3n) is 6.07. The van der Waals surface area contributed by atoms with Crippen LogP contribution in [-0.2, 0) is 28.2 Å². The number of fused-ring (bicyclic) bond motifs is 1. The van der Waals surface area contributed by atoms with Gasteiger partial charge in [0.25, 0.3) is 0 Å². The van der Waals surface area contributed by atoms with Crippen LogP contribution in [0.5, 0.6) is 0 Å².